The van der Waals surface area contributed by atoms with E-state index in [2.05, 4.69) is 10.1 Å². The van der Waals surface area contributed by atoms with Crippen LogP contribution in [-0.2, 0) is 0 Å². The molecule has 0 bridgehead atoms. The summed E-state index contributed by atoms with van der Waals surface area (Å²) >= 11 is 0. The van der Waals surface area contributed by atoms with Gasteiger partial charge in [-0.05, 0) is 12.1 Å². The summed E-state index contributed by atoms with van der Waals surface area (Å²) in [5.74, 6) is 1.20. The summed E-state index contributed by atoms with van der Waals surface area (Å²) in [5, 5.41) is 21.0. The summed E-state index contributed by atoms with van der Waals surface area (Å²) in [6.07, 6.45) is 0. The summed E-state index contributed by atoms with van der Waals surface area (Å²) in [7, 11) is -1.85. The number of benzene rings is 1. The lowest BCUT2D eigenvalue weighted by molar-refractivity contribution is 0.288. The van der Waals surface area contributed by atoms with Crippen LogP contribution in [0, 0.1) is 6.92 Å². The van der Waals surface area contributed by atoms with Gasteiger partial charge in [-0.1, -0.05) is 17.3 Å². The smallest absolute Gasteiger partial charge is 0.512 e. The molecule has 1 heterocycles. The Labute approximate surface area is 91.7 Å². The number of aryl methyl sites for hydroxylation is 1. The van der Waals surface area contributed by atoms with Gasteiger partial charge in [0.15, 0.2) is 0 Å². The summed E-state index contributed by atoms with van der Waals surface area (Å²) in [6.45, 7) is 1.69. The predicted octanol–water partition coefficient (Wildman–Crippen LogP) is 0.393. The zero-order chi connectivity index (χ0) is 11.5. The van der Waals surface area contributed by atoms with Crippen LogP contribution in [0.2, 0.25) is 0 Å². The third kappa shape index (κ3) is 2.39. The summed E-state index contributed by atoms with van der Waals surface area (Å²) in [4.78, 5) is 4.04. The van der Waals surface area contributed by atoms with Gasteiger partial charge < -0.3 is 19.2 Å². The highest BCUT2D eigenvalue weighted by Crippen LogP contribution is 2.21. The molecular weight excluding hydrogens is 211 g/mol. The van der Waals surface area contributed by atoms with Crippen molar-refractivity contribution in [1.82, 2.24) is 10.1 Å². The minimum absolute atomic E-state index is 0.315. The minimum atomic E-state index is -1.85. The highest BCUT2D eigenvalue weighted by atomic mass is 16.6. The molecule has 2 N–H and O–H groups in total. The lowest BCUT2D eigenvalue weighted by Crippen LogP contribution is -2.20. The number of aromatic nitrogens is 2. The Morgan fingerprint density at radius 2 is 2.19 bits per heavy atom. The van der Waals surface area contributed by atoms with Crippen molar-refractivity contribution in [3.8, 4) is 17.1 Å². The van der Waals surface area contributed by atoms with E-state index >= 15 is 0 Å². The molecule has 0 radical (unpaired) electrons. The Bertz CT molecular complexity index is 486. The van der Waals surface area contributed by atoms with Crippen LogP contribution in [0.5, 0.6) is 5.75 Å². The monoisotopic (exact) mass is 220 g/mol. The second-order valence-electron chi connectivity index (χ2n) is 3.11. The van der Waals surface area contributed by atoms with E-state index in [9.17, 15) is 0 Å². The molecule has 0 fully saturated rings. The molecule has 0 aliphatic heterocycles. The highest BCUT2D eigenvalue weighted by Gasteiger charge is 2.12. The molecule has 0 spiro atoms. The Morgan fingerprint density at radius 1 is 1.38 bits per heavy atom. The van der Waals surface area contributed by atoms with Gasteiger partial charge >= 0.3 is 7.32 Å². The van der Waals surface area contributed by atoms with Crippen molar-refractivity contribution < 1.29 is 19.2 Å². The molecule has 0 atom stereocenters. The molecule has 7 heteroatoms. The molecule has 0 saturated heterocycles. The van der Waals surface area contributed by atoms with Crippen molar-refractivity contribution in [1.29, 1.82) is 0 Å². The molecule has 0 unspecified atom stereocenters. The van der Waals surface area contributed by atoms with Crippen LogP contribution in [0.15, 0.2) is 28.8 Å². The second-order valence-corrected chi connectivity index (χ2v) is 3.11. The predicted molar refractivity (Wildman–Crippen MR) is 55.3 cm³/mol. The van der Waals surface area contributed by atoms with Crippen molar-refractivity contribution in [2.45, 2.75) is 6.92 Å². The van der Waals surface area contributed by atoms with Gasteiger partial charge in [-0.25, -0.2) is 0 Å². The van der Waals surface area contributed by atoms with Crippen molar-refractivity contribution in [3.63, 3.8) is 0 Å². The van der Waals surface area contributed by atoms with Crippen LogP contribution < -0.4 is 4.65 Å². The second kappa shape index (κ2) is 4.34. The van der Waals surface area contributed by atoms with Gasteiger partial charge in [-0.3, -0.25) is 0 Å². The van der Waals surface area contributed by atoms with Gasteiger partial charge in [0, 0.05) is 12.5 Å². The molecule has 16 heavy (non-hydrogen) atoms. The van der Waals surface area contributed by atoms with E-state index in [0.717, 1.165) is 0 Å². The minimum Gasteiger partial charge on any atom is -0.512 e. The lowest BCUT2D eigenvalue weighted by Gasteiger charge is -2.04. The fraction of sp³-hybridized carbons (Fsp3) is 0.111. The van der Waals surface area contributed by atoms with E-state index in [4.69, 9.17) is 19.2 Å². The van der Waals surface area contributed by atoms with Crippen LogP contribution in [0.4, 0.5) is 0 Å². The molecule has 0 aliphatic carbocycles. The number of rotatable bonds is 3. The first-order valence-corrected chi connectivity index (χ1v) is 4.59. The Kier molecular flexibility index (Phi) is 2.89. The standard InChI is InChI=1S/C9H9BN2O4/c1-6-11-9(12-16-6)7-3-2-4-8(5-7)15-10(13)14/h2-5,13-14H,1H3. The molecule has 1 aromatic heterocycles. The Balaban J connectivity index is 2.28. The van der Waals surface area contributed by atoms with Gasteiger partial charge in [0.25, 0.3) is 0 Å². The lowest BCUT2D eigenvalue weighted by atomic mass is 10.2. The third-order valence-electron chi connectivity index (χ3n) is 1.86. The van der Waals surface area contributed by atoms with E-state index < -0.39 is 7.32 Å². The molecular formula is C9H9BN2O4. The van der Waals surface area contributed by atoms with Crippen LogP contribution in [0.25, 0.3) is 11.4 Å². The number of nitrogens with zero attached hydrogens (tertiary/aromatic N) is 2. The largest absolute Gasteiger partial charge is 0.707 e. The normalized spacial score (nSPS) is 10.2. The SMILES string of the molecule is Cc1nc(-c2cccc(OB(O)O)c2)no1. The molecule has 0 aliphatic rings. The third-order valence-corrected chi connectivity index (χ3v) is 1.86. The summed E-state index contributed by atoms with van der Waals surface area (Å²) in [6, 6.07) is 6.64. The molecule has 82 valence electrons. The van der Waals surface area contributed by atoms with Gasteiger partial charge in [0.05, 0.1) is 0 Å². The first-order chi connectivity index (χ1) is 7.65. The average molecular weight is 220 g/mol. The molecule has 2 aromatic rings. The first-order valence-electron chi connectivity index (χ1n) is 4.59. The van der Waals surface area contributed by atoms with E-state index in [1.807, 2.05) is 0 Å². The zero-order valence-corrected chi connectivity index (χ0v) is 8.49. The quantitative estimate of drug-likeness (QED) is 0.727. The Morgan fingerprint density at radius 3 is 2.81 bits per heavy atom. The van der Waals surface area contributed by atoms with E-state index in [1.165, 1.54) is 0 Å². The maximum atomic E-state index is 8.65. The van der Waals surface area contributed by atoms with Gasteiger partial charge in [-0.2, -0.15) is 4.98 Å². The van der Waals surface area contributed by atoms with Crippen molar-refractivity contribution in [3.05, 3.63) is 30.2 Å². The summed E-state index contributed by atoms with van der Waals surface area (Å²) < 4.78 is 9.55. The maximum absolute atomic E-state index is 8.65. The molecule has 2 rings (SSSR count). The summed E-state index contributed by atoms with van der Waals surface area (Å²) in [5.41, 5.74) is 0.676. The molecule has 0 saturated carbocycles. The van der Waals surface area contributed by atoms with Crippen LogP contribution in [0.3, 0.4) is 0 Å². The Hall–Kier alpha value is -1.86. The van der Waals surface area contributed by atoms with Gasteiger partial charge in [0.1, 0.15) is 5.75 Å². The molecule has 6 nitrogen and oxygen atoms in total. The maximum Gasteiger partial charge on any atom is 0.707 e. The number of hydrogen-bond donors (Lipinski definition) is 2. The van der Waals surface area contributed by atoms with Crippen molar-refractivity contribution in [2.75, 3.05) is 0 Å². The van der Waals surface area contributed by atoms with E-state index in [0.29, 0.717) is 23.0 Å². The van der Waals surface area contributed by atoms with Gasteiger partial charge in [0.2, 0.25) is 11.7 Å². The fourth-order valence-corrected chi connectivity index (χ4v) is 1.25. The fourth-order valence-electron chi connectivity index (χ4n) is 1.25. The van der Waals surface area contributed by atoms with E-state index in [-0.39, 0.29) is 0 Å². The molecule has 1 aromatic carbocycles. The zero-order valence-electron chi connectivity index (χ0n) is 8.49. The first kappa shape index (κ1) is 10.7. The van der Waals surface area contributed by atoms with Crippen molar-refractivity contribution in [2.24, 2.45) is 0 Å². The van der Waals surface area contributed by atoms with Crippen LogP contribution in [0.1, 0.15) is 5.89 Å². The topological polar surface area (TPSA) is 88.6 Å². The van der Waals surface area contributed by atoms with E-state index in [1.54, 1.807) is 31.2 Å². The van der Waals surface area contributed by atoms with Crippen LogP contribution >= 0.6 is 0 Å². The number of hydrogen-bond acceptors (Lipinski definition) is 6. The van der Waals surface area contributed by atoms with Crippen molar-refractivity contribution >= 4 is 7.32 Å². The molecule has 0 amide bonds. The van der Waals surface area contributed by atoms with Gasteiger partial charge in [-0.15, -0.1) is 0 Å². The average Bonchev–Trinajstić information content (AvgIpc) is 2.64. The highest BCUT2D eigenvalue weighted by molar-refractivity contribution is 6.33. The van der Waals surface area contributed by atoms with Crippen LogP contribution in [-0.4, -0.2) is 27.5 Å².